The van der Waals surface area contributed by atoms with Gasteiger partial charge >= 0.3 is 6.18 Å². The third kappa shape index (κ3) is 4.51. The van der Waals surface area contributed by atoms with Crippen LogP contribution in [0.1, 0.15) is 28.8 Å². The number of carbonyl (C=O) groups excluding carboxylic acids is 1. The monoisotopic (exact) mass is 365 g/mol. The molecule has 2 heterocycles. The molecule has 1 unspecified atom stereocenters. The number of pyridine rings is 1. The minimum atomic E-state index is -4.44. The molecule has 1 aromatic heterocycles. The first kappa shape index (κ1) is 18.2. The molecule has 3 rings (SSSR count). The molecule has 0 saturated carbocycles. The molecule has 0 spiro atoms. The SMILES string of the molecule is O=C(NC1CCCOC1)c1cccnc1Nc1cccc(C(F)(F)F)c1. The number of rotatable bonds is 4. The van der Waals surface area contributed by atoms with Crippen LogP contribution in [0.2, 0.25) is 0 Å². The quantitative estimate of drug-likeness (QED) is 0.866. The van der Waals surface area contributed by atoms with Gasteiger partial charge in [0, 0.05) is 18.5 Å². The van der Waals surface area contributed by atoms with Gasteiger partial charge in [0.05, 0.1) is 23.8 Å². The van der Waals surface area contributed by atoms with E-state index in [1.54, 1.807) is 12.1 Å². The molecule has 1 fully saturated rings. The Bertz CT molecular complexity index is 774. The van der Waals surface area contributed by atoms with Gasteiger partial charge in [0.15, 0.2) is 0 Å². The average molecular weight is 365 g/mol. The fraction of sp³-hybridized carbons (Fsp3) is 0.333. The number of anilines is 2. The van der Waals surface area contributed by atoms with E-state index in [4.69, 9.17) is 4.74 Å². The third-order valence-corrected chi connectivity index (χ3v) is 4.00. The summed E-state index contributed by atoms with van der Waals surface area (Å²) in [6.45, 7) is 1.13. The van der Waals surface area contributed by atoms with Gasteiger partial charge in [-0.15, -0.1) is 0 Å². The summed E-state index contributed by atoms with van der Waals surface area (Å²) < 4.78 is 43.9. The van der Waals surface area contributed by atoms with E-state index in [0.717, 1.165) is 25.0 Å². The summed E-state index contributed by atoms with van der Waals surface area (Å²) in [4.78, 5) is 16.6. The number of hydrogen-bond donors (Lipinski definition) is 2. The second kappa shape index (κ2) is 7.74. The van der Waals surface area contributed by atoms with E-state index in [1.165, 1.54) is 18.3 Å². The second-order valence-corrected chi connectivity index (χ2v) is 5.99. The summed E-state index contributed by atoms with van der Waals surface area (Å²) in [5.74, 6) is -0.149. The number of benzene rings is 1. The zero-order valence-corrected chi connectivity index (χ0v) is 13.8. The van der Waals surface area contributed by atoms with Crippen LogP contribution < -0.4 is 10.6 Å². The Morgan fingerprint density at radius 3 is 2.81 bits per heavy atom. The van der Waals surface area contributed by atoms with E-state index in [1.807, 2.05) is 0 Å². The first-order valence-corrected chi connectivity index (χ1v) is 8.21. The van der Waals surface area contributed by atoms with Crippen LogP contribution in [0.5, 0.6) is 0 Å². The van der Waals surface area contributed by atoms with Crippen molar-refractivity contribution in [2.24, 2.45) is 0 Å². The van der Waals surface area contributed by atoms with Crippen molar-refractivity contribution < 1.29 is 22.7 Å². The van der Waals surface area contributed by atoms with Gasteiger partial charge in [0.1, 0.15) is 5.82 Å². The minimum Gasteiger partial charge on any atom is -0.379 e. The molecule has 0 radical (unpaired) electrons. The summed E-state index contributed by atoms with van der Waals surface area (Å²) in [5.41, 5.74) is -0.312. The van der Waals surface area contributed by atoms with Gasteiger partial charge in [-0.3, -0.25) is 4.79 Å². The molecule has 8 heteroatoms. The smallest absolute Gasteiger partial charge is 0.379 e. The molecule has 0 bridgehead atoms. The van der Waals surface area contributed by atoms with Crippen LogP contribution in [0.25, 0.3) is 0 Å². The Morgan fingerprint density at radius 1 is 1.23 bits per heavy atom. The largest absolute Gasteiger partial charge is 0.416 e. The second-order valence-electron chi connectivity index (χ2n) is 5.99. The number of carbonyl (C=O) groups is 1. The molecule has 1 aromatic carbocycles. The molecule has 138 valence electrons. The van der Waals surface area contributed by atoms with E-state index in [2.05, 4.69) is 15.6 Å². The maximum Gasteiger partial charge on any atom is 0.416 e. The highest BCUT2D eigenvalue weighted by Crippen LogP contribution is 2.31. The van der Waals surface area contributed by atoms with Crippen molar-refractivity contribution in [3.05, 3.63) is 53.7 Å². The van der Waals surface area contributed by atoms with Crippen molar-refractivity contribution in [2.75, 3.05) is 18.5 Å². The number of amides is 1. The van der Waals surface area contributed by atoms with Gasteiger partial charge in [-0.2, -0.15) is 13.2 Å². The van der Waals surface area contributed by atoms with Crippen molar-refractivity contribution in [2.45, 2.75) is 25.1 Å². The Kier molecular flexibility index (Phi) is 5.41. The highest BCUT2D eigenvalue weighted by atomic mass is 19.4. The van der Waals surface area contributed by atoms with Crippen LogP contribution in [0, 0.1) is 0 Å². The molecule has 1 amide bonds. The zero-order valence-electron chi connectivity index (χ0n) is 13.8. The number of aromatic nitrogens is 1. The average Bonchev–Trinajstić information content (AvgIpc) is 2.62. The number of alkyl halides is 3. The first-order chi connectivity index (χ1) is 12.4. The van der Waals surface area contributed by atoms with Crippen molar-refractivity contribution in [3.8, 4) is 0 Å². The van der Waals surface area contributed by atoms with Crippen molar-refractivity contribution in [1.82, 2.24) is 10.3 Å². The predicted octanol–water partition coefficient (Wildman–Crippen LogP) is 3.75. The van der Waals surface area contributed by atoms with Crippen molar-refractivity contribution >= 4 is 17.4 Å². The number of hydrogen-bond acceptors (Lipinski definition) is 4. The lowest BCUT2D eigenvalue weighted by atomic mass is 10.1. The summed E-state index contributed by atoms with van der Waals surface area (Å²) in [6.07, 6.45) is -1.28. The standard InChI is InChI=1S/C18H18F3N3O2/c19-18(20,21)12-4-1-5-13(10-12)23-16-15(7-2-8-22-16)17(25)24-14-6-3-9-26-11-14/h1-2,4-5,7-8,10,14H,3,6,9,11H2,(H,22,23)(H,24,25). The van der Waals surface area contributed by atoms with Crippen molar-refractivity contribution in [1.29, 1.82) is 0 Å². The van der Waals surface area contributed by atoms with E-state index >= 15 is 0 Å². The topological polar surface area (TPSA) is 63.2 Å². The van der Waals surface area contributed by atoms with Gasteiger partial charge in [-0.1, -0.05) is 6.07 Å². The molecule has 1 atom stereocenters. The highest BCUT2D eigenvalue weighted by Gasteiger charge is 2.30. The highest BCUT2D eigenvalue weighted by molar-refractivity contribution is 5.99. The van der Waals surface area contributed by atoms with E-state index < -0.39 is 11.7 Å². The molecule has 26 heavy (non-hydrogen) atoms. The first-order valence-electron chi connectivity index (χ1n) is 8.21. The molecule has 1 saturated heterocycles. The van der Waals surface area contributed by atoms with Crippen LogP contribution in [0.15, 0.2) is 42.6 Å². The van der Waals surface area contributed by atoms with Crippen LogP contribution in [0.4, 0.5) is 24.7 Å². The number of nitrogens with one attached hydrogen (secondary N) is 2. The fourth-order valence-electron chi connectivity index (χ4n) is 2.72. The number of halogens is 3. The summed E-state index contributed by atoms with van der Waals surface area (Å²) >= 11 is 0. The molecule has 0 aliphatic carbocycles. The zero-order chi connectivity index (χ0) is 18.6. The van der Waals surface area contributed by atoms with Crippen LogP contribution in [0.3, 0.4) is 0 Å². The lowest BCUT2D eigenvalue weighted by molar-refractivity contribution is -0.137. The maximum atomic E-state index is 12.9. The normalized spacial score (nSPS) is 17.6. The lowest BCUT2D eigenvalue weighted by Gasteiger charge is -2.23. The van der Waals surface area contributed by atoms with E-state index in [9.17, 15) is 18.0 Å². The number of nitrogens with zero attached hydrogens (tertiary/aromatic N) is 1. The van der Waals surface area contributed by atoms with E-state index in [0.29, 0.717) is 13.2 Å². The molecule has 1 aliphatic rings. The molecular weight excluding hydrogens is 347 g/mol. The molecule has 5 nitrogen and oxygen atoms in total. The van der Waals surface area contributed by atoms with Crippen LogP contribution in [-0.2, 0) is 10.9 Å². The summed E-state index contributed by atoms with van der Waals surface area (Å²) in [7, 11) is 0. The lowest BCUT2D eigenvalue weighted by Crippen LogP contribution is -2.40. The van der Waals surface area contributed by atoms with Gasteiger partial charge < -0.3 is 15.4 Å². The van der Waals surface area contributed by atoms with Gasteiger partial charge in [-0.25, -0.2) is 4.98 Å². The Balaban J connectivity index is 1.78. The molecular formula is C18H18F3N3O2. The Hall–Kier alpha value is -2.61. The maximum absolute atomic E-state index is 12.9. The van der Waals surface area contributed by atoms with Crippen LogP contribution in [-0.4, -0.2) is 30.1 Å². The van der Waals surface area contributed by atoms with Gasteiger partial charge in [0.2, 0.25) is 0 Å². The predicted molar refractivity (Wildman–Crippen MR) is 90.3 cm³/mol. The van der Waals surface area contributed by atoms with Gasteiger partial charge in [0.25, 0.3) is 5.91 Å². The van der Waals surface area contributed by atoms with E-state index in [-0.39, 0.29) is 29.0 Å². The Morgan fingerprint density at radius 2 is 2.08 bits per heavy atom. The van der Waals surface area contributed by atoms with Gasteiger partial charge in [-0.05, 0) is 43.2 Å². The van der Waals surface area contributed by atoms with Crippen LogP contribution >= 0.6 is 0 Å². The molecule has 2 N–H and O–H groups in total. The molecule has 2 aromatic rings. The summed E-state index contributed by atoms with van der Waals surface area (Å²) in [5, 5.41) is 5.67. The summed E-state index contributed by atoms with van der Waals surface area (Å²) in [6, 6.07) is 7.84. The molecule has 1 aliphatic heterocycles. The number of ether oxygens (including phenoxy) is 1. The fourth-order valence-corrected chi connectivity index (χ4v) is 2.72. The minimum absolute atomic E-state index is 0.0853. The van der Waals surface area contributed by atoms with Crippen molar-refractivity contribution in [3.63, 3.8) is 0 Å². The Labute approximate surface area is 148 Å². The third-order valence-electron chi connectivity index (χ3n) is 4.00.